The van der Waals surface area contributed by atoms with Gasteiger partial charge in [-0.3, -0.25) is 4.79 Å². The van der Waals surface area contributed by atoms with Crippen molar-refractivity contribution in [2.45, 2.75) is 35.1 Å². The second kappa shape index (κ2) is 5.74. The van der Waals surface area contributed by atoms with Crippen LogP contribution in [0.2, 0.25) is 0 Å². The van der Waals surface area contributed by atoms with Crippen LogP contribution in [0.4, 0.5) is 0 Å². The average molecular weight is 373 g/mol. The molecule has 0 spiro atoms. The molecule has 2 bridgehead atoms. The lowest BCUT2D eigenvalue weighted by Gasteiger charge is -2.46. The SMILES string of the molecule is COc1ccc2c(c1)[C@H]1C[C@](C)(NC(=O)[C@H]1S(=O)(=O)c1ccccc1)O2. The highest BCUT2D eigenvalue weighted by atomic mass is 32.2. The number of sulfone groups is 1. The molecule has 0 saturated carbocycles. The van der Waals surface area contributed by atoms with E-state index in [1.165, 1.54) is 12.1 Å². The molecule has 4 rings (SSSR count). The molecule has 2 heterocycles. The van der Waals surface area contributed by atoms with Gasteiger partial charge in [0.15, 0.2) is 20.8 Å². The Kier molecular flexibility index (Phi) is 3.73. The molecule has 0 radical (unpaired) electrons. The number of hydrogen-bond acceptors (Lipinski definition) is 5. The summed E-state index contributed by atoms with van der Waals surface area (Å²) in [4.78, 5) is 12.9. The fourth-order valence-electron chi connectivity index (χ4n) is 3.83. The third-order valence-electron chi connectivity index (χ3n) is 4.98. The van der Waals surface area contributed by atoms with Crippen molar-refractivity contribution in [1.29, 1.82) is 0 Å². The van der Waals surface area contributed by atoms with Crippen LogP contribution < -0.4 is 14.8 Å². The van der Waals surface area contributed by atoms with Crippen molar-refractivity contribution in [2.75, 3.05) is 7.11 Å². The molecule has 1 amide bonds. The van der Waals surface area contributed by atoms with Gasteiger partial charge < -0.3 is 14.8 Å². The van der Waals surface area contributed by atoms with Crippen LogP contribution in [0.5, 0.6) is 11.5 Å². The highest BCUT2D eigenvalue weighted by Gasteiger charge is 2.54. The van der Waals surface area contributed by atoms with Crippen molar-refractivity contribution in [3.63, 3.8) is 0 Å². The van der Waals surface area contributed by atoms with E-state index in [2.05, 4.69) is 5.32 Å². The number of hydrogen-bond donors (Lipinski definition) is 1. The number of methoxy groups -OCH3 is 1. The number of carbonyl (C=O) groups is 1. The van der Waals surface area contributed by atoms with E-state index < -0.39 is 32.6 Å². The molecular weight excluding hydrogens is 354 g/mol. The van der Waals surface area contributed by atoms with Crippen molar-refractivity contribution in [3.8, 4) is 11.5 Å². The van der Waals surface area contributed by atoms with Gasteiger partial charge in [0.05, 0.1) is 12.0 Å². The molecule has 2 aromatic carbocycles. The van der Waals surface area contributed by atoms with Crippen LogP contribution in [0.3, 0.4) is 0 Å². The molecule has 1 fully saturated rings. The first-order valence-electron chi connectivity index (χ1n) is 8.32. The Morgan fingerprint density at radius 2 is 1.92 bits per heavy atom. The number of ether oxygens (including phenoxy) is 2. The second-order valence-electron chi connectivity index (χ2n) is 6.82. The summed E-state index contributed by atoms with van der Waals surface area (Å²) < 4.78 is 37.7. The van der Waals surface area contributed by atoms with Gasteiger partial charge in [0.2, 0.25) is 5.91 Å². The fraction of sp³-hybridized carbons (Fsp3) is 0.316. The minimum atomic E-state index is -3.86. The number of nitrogens with one attached hydrogen (secondary N) is 1. The van der Waals surface area contributed by atoms with Gasteiger partial charge in [-0.1, -0.05) is 18.2 Å². The lowest BCUT2D eigenvalue weighted by molar-refractivity contribution is -0.132. The normalized spacial score (nSPS) is 27.1. The summed E-state index contributed by atoms with van der Waals surface area (Å²) in [6.07, 6.45) is 0.371. The largest absolute Gasteiger partial charge is 0.497 e. The summed E-state index contributed by atoms with van der Waals surface area (Å²) in [5, 5.41) is 1.53. The Morgan fingerprint density at radius 1 is 1.19 bits per heavy atom. The van der Waals surface area contributed by atoms with Crippen LogP contribution >= 0.6 is 0 Å². The smallest absolute Gasteiger partial charge is 0.242 e. The van der Waals surface area contributed by atoms with Gasteiger partial charge in [-0.05, 0) is 37.3 Å². The Morgan fingerprint density at radius 3 is 2.62 bits per heavy atom. The zero-order valence-corrected chi connectivity index (χ0v) is 15.2. The number of piperidine rings is 1. The third kappa shape index (κ3) is 2.54. The molecule has 2 aliphatic heterocycles. The fourth-order valence-corrected chi connectivity index (χ4v) is 5.67. The van der Waals surface area contributed by atoms with Crippen molar-refractivity contribution >= 4 is 15.7 Å². The van der Waals surface area contributed by atoms with Gasteiger partial charge in [0, 0.05) is 17.9 Å². The molecule has 1 saturated heterocycles. The van der Waals surface area contributed by atoms with Gasteiger partial charge in [0.25, 0.3) is 0 Å². The minimum Gasteiger partial charge on any atom is -0.497 e. The average Bonchev–Trinajstić information content (AvgIpc) is 2.61. The number of carbonyl (C=O) groups excluding carboxylic acids is 1. The van der Waals surface area contributed by atoms with Gasteiger partial charge in [-0.15, -0.1) is 0 Å². The lowest BCUT2D eigenvalue weighted by atomic mass is 9.81. The molecule has 6 nitrogen and oxygen atoms in total. The van der Waals surface area contributed by atoms with E-state index >= 15 is 0 Å². The molecule has 0 aliphatic carbocycles. The van der Waals surface area contributed by atoms with Gasteiger partial charge in [-0.2, -0.15) is 0 Å². The first kappa shape index (κ1) is 16.9. The van der Waals surface area contributed by atoms with Crippen LogP contribution in [-0.4, -0.2) is 32.4 Å². The van der Waals surface area contributed by atoms with E-state index in [-0.39, 0.29) is 4.90 Å². The van der Waals surface area contributed by atoms with E-state index in [9.17, 15) is 13.2 Å². The number of rotatable bonds is 3. The van der Waals surface area contributed by atoms with E-state index in [1.807, 2.05) is 0 Å². The standard InChI is InChI=1S/C19H19NO5S/c1-19-11-15(14-10-12(24-2)8-9-16(14)25-19)17(18(21)20-19)26(22,23)13-6-4-3-5-7-13/h3-10,15,17H,11H2,1-2H3,(H,20,21)/t15-,17+,19-/m1/s1. The van der Waals surface area contributed by atoms with Gasteiger partial charge in [0.1, 0.15) is 11.5 Å². The third-order valence-corrected chi connectivity index (χ3v) is 7.12. The summed E-state index contributed by atoms with van der Waals surface area (Å²) in [6, 6.07) is 13.3. The Balaban J connectivity index is 1.87. The Hall–Kier alpha value is -2.54. The van der Waals surface area contributed by atoms with Crippen molar-refractivity contribution < 1.29 is 22.7 Å². The number of amides is 1. The van der Waals surface area contributed by atoms with E-state index in [0.717, 1.165) is 0 Å². The molecule has 1 N–H and O–H groups in total. The first-order valence-corrected chi connectivity index (χ1v) is 9.87. The Labute approximate surface area is 152 Å². The lowest BCUT2D eigenvalue weighted by Crippen LogP contribution is -2.63. The molecule has 0 aromatic heterocycles. The van der Waals surface area contributed by atoms with Crippen molar-refractivity contribution in [3.05, 3.63) is 54.1 Å². The van der Waals surface area contributed by atoms with E-state index in [4.69, 9.17) is 9.47 Å². The monoisotopic (exact) mass is 373 g/mol. The summed E-state index contributed by atoms with van der Waals surface area (Å²) in [7, 11) is -2.32. The maximum absolute atomic E-state index is 13.2. The second-order valence-corrected chi connectivity index (χ2v) is 8.88. The first-order chi connectivity index (χ1) is 12.3. The van der Waals surface area contributed by atoms with Crippen molar-refractivity contribution in [2.24, 2.45) is 0 Å². The molecule has 136 valence electrons. The molecule has 0 unspecified atom stereocenters. The minimum absolute atomic E-state index is 0.139. The summed E-state index contributed by atoms with van der Waals surface area (Å²) >= 11 is 0. The maximum Gasteiger partial charge on any atom is 0.242 e. The van der Waals surface area contributed by atoms with Crippen LogP contribution in [0.1, 0.15) is 24.8 Å². The molecule has 26 heavy (non-hydrogen) atoms. The predicted molar refractivity (Wildman–Crippen MR) is 94.9 cm³/mol. The van der Waals surface area contributed by atoms with Crippen molar-refractivity contribution in [1.82, 2.24) is 5.32 Å². The van der Waals surface area contributed by atoms with E-state index in [0.29, 0.717) is 23.5 Å². The molecule has 3 atom stereocenters. The highest BCUT2D eigenvalue weighted by molar-refractivity contribution is 7.92. The predicted octanol–water partition coefficient (Wildman–Crippen LogP) is 2.25. The zero-order chi connectivity index (χ0) is 18.5. The summed E-state index contributed by atoms with van der Waals surface area (Å²) in [5.74, 6) is 0.106. The zero-order valence-electron chi connectivity index (χ0n) is 14.4. The van der Waals surface area contributed by atoms with Crippen LogP contribution in [0.25, 0.3) is 0 Å². The van der Waals surface area contributed by atoms with Gasteiger partial charge >= 0.3 is 0 Å². The molecule has 7 heteroatoms. The molecular formula is C19H19NO5S. The Bertz CT molecular complexity index is 973. The number of fused-ring (bicyclic) bond motifs is 4. The van der Waals surface area contributed by atoms with E-state index in [1.54, 1.807) is 50.4 Å². The van der Waals surface area contributed by atoms with Crippen LogP contribution in [-0.2, 0) is 14.6 Å². The highest BCUT2D eigenvalue weighted by Crippen LogP contribution is 2.48. The van der Waals surface area contributed by atoms with Crippen LogP contribution in [0, 0.1) is 0 Å². The maximum atomic E-state index is 13.2. The number of benzene rings is 2. The summed E-state index contributed by atoms with van der Waals surface area (Å²) in [6.45, 7) is 1.76. The summed E-state index contributed by atoms with van der Waals surface area (Å²) in [5.41, 5.74) is -0.243. The van der Waals surface area contributed by atoms with Crippen LogP contribution in [0.15, 0.2) is 53.4 Å². The molecule has 2 aliphatic rings. The molecule has 2 aromatic rings. The van der Waals surface area contributed by atoms with Gasteiger partial charge in [-0.25, -0.2) is 8.42 Å². The quantitative estimate of drug-likeness (QED) is 0.892. The topological polar surface area (TPSA) is 81.7 Å².